The molecule has 2 aromatic carbocycles. The summed E-state index contributed by atoms with van der Waals surface area (Å²) in [6.07, 6.45) is 7.33. The fourth-order valence-electron chi connectivity index (χ4n) is 9.16. The molecule has 2 saturated carbocycles. The summed E-state index contributed by atoms with van der Waals surface area (Å²) in [7, 11) is -2.35. The van der Waals surface area contributed by atoms with E-state index in [0.717, 1.165) is 23.9 Å². The van der Waals surface area contributed by atoms with Crippen LogP contribution in [0.1, 0.15) is 72.1 Å². The number of fused-ring (bicyclic) bond motifs is 5. The summed E-state index contributed by atoms with van der Waals surface area (Å²) in [6.45, 7) is 5.69. The smallest absolute Gasteiger partial charge is 0.408 e. The highest BCUT2D eigenvalue weighted by Crippen LogP contribution is 2.47. The maximum absolute atomic E-state index is 14.8. The normalized spacial score (nSPS) is 27.4. The zero-order valence-corrected chi connectivity index (χ0v) is 35.9. The van der Waals surface area contributed by atoms with Crippen LogP contribution in [0.2, 0.25) is 0 Å². The summed E-state index contributed by atoms with van der Waals surface area (Å²) in [5.74, 6) is -2.11. The molecule has 5 amide bonds. The lowest BCUT2D eigenvalue weighted by Crippen LogP contribution is -2.60. The Morgan fingerprint density at radius 2 is 1.75 bits per heavy atom. The van der Waals surface area contributed by atoms with Crippen LogP contribution in [0.5, 0.6) is 5.75 Å². The van der Waals surface area contributed by atoms with Crippen molar-refractivity contribution in [1.82, 2.24) is 34.7 Å². The van der Waals surface area contributed by atoms with Crippen molar-refractivity contribution in [2.45, 2.75) is 107 Å². The summed E-state index contributed by atoms with van der Waals surface area (Å²) < 4.78 is 41.1. The number of methoxy groups -OCH3 is 1. The first-order chi connectivity index (χ1) is 29.1. The van der Waals surface area contributed by atoms with Crippen LogP contribution in [-0.2, 0) is 40.5 Å². The van der Waals surface area contributed by atoms with Gasteiger partial charge in [0, 0.05) is 49.0 Å². The highest BCUT2D eigenvalue weighted by molar-refractivity contribution is 7.91. The van der Waals surface area contributed by atoms with Crippen LogP contribution in [-0.4, -0.2) is 113 Å². The molecule has 1 aromatic heterocycles. The van der Waals surface area contributed by atoms with E-state index in [0.29, 0.717) is 49.2 Å². The average Bonchev–Trinajstić information content (AvgIpc) is 4.07. The molecule has 0 unspecified atom stereocenters. The monoisotopic (exact) mass is 857 g/mol. The number of alkyl carbamates (subject to hydrolysis) is 1. The molecule has 4 heterocycles. The molecule has 5 aliphatic rings. The number of aromatic nitrogens is 2. The van der Waals surface area contributed by atoms with Gasteiger partial charge in [-0.05, 0) is 71.4 Å². The van der Waals surface area contributed by atoms with Gasteiger partial charge >= 0.3 is 6.09 Å². The molecule has 61 heavy (non-hydrogen) atoms. The molecular weight excluding hydrogens is 803 g/mol. The summed E-state index contributed by atoms with van der Waals surface area (Å²) in [5, 5.41) is 5.08. The van der Waals surface area contributed by atoms with Crippen LogP contribution in [0.25, 0.3) is 22.4 Å². The lowest BCUT2D eigenvalue weighted by Gasteiger charge is -2.33. The molecule has 4 fully saturated rings. The summed E-state index contributed by atoms with van der Waals surface area (Å²) in [6, 6.07) is 13.0. The van der Waals surface area contributed by atoms with Crippen LogP contribution in [0.4, 0.5) is 4.79 Å². The number of sulfonamides is 1. The fourth-order valence-corrected chi connectivity index (χ4v) is 10.5. The van der Waals surface area contributed by atoms with Gasteiger partial charge < -0.3 is 34.5 Å². The fraction of sp³-hybridized carbons (Fsp3) is 0.545. The number of hydrogen-bond acceptors (Lipinski definition) is 10. The van der Waals surface area contributed by atoms with Crippen molar-refractivity contribution in [3.05, 3.63) is 60.7 Å². The van der Waals surface area contributed by atoms with E-state index >= 15 is 0 Å². The van der Waals surface area contributed by atoms with E-state index in [-0.39, 0.29) is 44.4 Å². The van der Waals surface area contributed by atoms with E-state index in [1.54, 1.807) is 32.8 Å². The third-order valence-corrected chi connectivity index (χ3v) is 14.4. The van der Waals surface area contributed by atoms with Crippen LogP contribution < -0.4 is 20.1 Å². The van der Waals surface area contributed by atoms with Crippen LogP contribution in [0.15, 0.2) is 60.7 Å². The highest BCUT2D eigenvalue weighted by Gasteiger charge is 2.63. The van der Waals surface area contributed by atoms with Crippen molar-refractivity contribution in [2.24, 2.45) is 17.8 Å². The number of ether oxygens (including phenoxy) is 2. The molecule has 17 heteroatoms. The Morgan fingerprint density at radius 3 is 2.48 bits per heavy atom. The van der Waals surface area contributed by atoms with Gasteiger partial charge in [-0.1, -0.05) is 55.3 Å². The number of nitrogens with zero attached hydrogens (tertiary/aromatic N) is 4. The maximum atomic E-state index is 14.8. The maximum Gasteiger partial charge on any atom is 0.408 e. The molecule has 3 aliphatic heterocycles. The molecule has 2 saturated heterocycles. The van der Waals surface area contributed by atoms with E-state index in [1.165, 1.54) is 4.90 Å². The van der Waals surface area contributed by atoms with Gasteiger partial charge in [0.15, 0.2) is 0 Å². The topological polar surface area (TPSA) is 198 Å². The van der Waals surface area contributed by atoms with Crippen LogP contribution in [0, 0.1) is 17.8 Å². The molecule has 0 radical (unpaired) electrons. The van der Waals surface area contributed by atoms with Crippen LogP contribution in [0.3, 0.4) is 0 Å². The van der Waals surface area contributed by atoms with Gasteiger partial charge in [0.25, 0.3) is 5.91 Å². The number of amides is 5. The van der Waals surface area contributed by atoms with Gasteiger partial charge in [0.2, 0.25) is 27.7 Å². The number of allylic oxidation sites excluding steroid dienone is 1. The minimum atomic E-state index is -3.93. The Balaban J connectivity index is 1.09. The first-order valence-electron chi connectivity index (χ1n) is 21.3. The predicted octanol–water partition coefficient (Wildman–Crippen LogP) is 3.89. The van der Waals surface area contributed by atoms with E-state index in [4.69, 9.17) is 14.5 Å². The Kier molecular flexibility index (Phi) is 11.4. The molecule has 2 aliphatic carbocycles. The Hall–Kier alpha value is -5.45. The Morgan fingerprint density at radius 1 is 0.984 bits per heavy atom. The zero-order chi connectivity index (χ0) is 43.3. The quantitative estimate of drug-likeness (QED) is 0.280. The second-order valence-electron chi connectivity index (χ2n) is 18.1. The number of hydrogen-bond donors (Lipinski definition) is 3. The van der Waals surface area contributed by atoms with Gasteiger partial charge in [-0.3, -0.25) is 23.9 Å². The molecule has 16 nitrogen and oxygen atoms in total. The van der Waals surface area contributed by atoms with Crippen molar-refractivity contribution >= 4 is 50.8 Å². The number of benzene rings is 2. The first kappa shape index (κ1) is 42.2. The molecule has 326 valence electrons. The molecular formula is C44H55N7O9S. The summed E-state index contributed by atoms with van der Waals surface area (Å²) in [4.78, 5) is 79.0. The third-order valence-electron chi connectivity index (χ3n) is 12.5. The van der Waals surface area contributed by atoms with Crippen LogP contribution >= 0.6 is 0 Å². The highest BCUT2D eigenvalue weighted by atomic mass is 32.2. The molecule has 0 bridgehead atoms. The molecule has 6 atom stereocenters. The van der Waals surface area contributed by atoms with Gasteiger partial charge in [0.05, 0.1) is 23.4 Å². The number of nitrogens with one attached hydrogen (secondary N) is 3. The summed E-state index contributed by atoms with van der Waals surface area (Å²) >= 11 is 0. The Bertz CT molecular complexity index is 2360. The second kappa shape index (κ2) is 16.4. The van der Waals surface area contributed by atoms with Crippen molar-refractivity contribution in [3.63, 3.8) is 0 Å². The number of rotatable bonds is 8. The Labute approximate surface area is 355 Å². The molecule has 8 rings (SSSR count). The minimum absolute atomic E-state index is 0.0410. The number of carbonyl (C=O) groups is 5. The molecule has 3 aromatic rings. The SMILES string of the molecule is COc1ccc2c(c1)nc(-c1ccccc1)n2CC(=O)N1C[C@H]2CN3C(=O)[C@H](NC(=O)OC(C)(C)C)CCCCC/C=C\[C@H]4C[C@@]4(C(=O)NS(=O)(=O)C4CC4)NC(=O)[C@@H]3[C@H]2C1. The van der Waals surface area contributed by atoms with Gasteiger partial charge in [-0.25, -0.2) is 18.2 Å². The number of imidazole rings is 1. The molecule has 3 N–H and O–H groups in total. The van der Waals surface area contributed by atoms with Gasteiger partial charge in [-0.2, -0.15) is 0 Å². The van der Waals surface area contributed by atoms with E-state index in [1.807, 2.05) is 65.3 Å². The largest absolute Gasteiger partial charge is 0.497 e. The lowest BCUT2D eigenvalue weighted by atomic mass is 9.93. The number of likely N-dealkylation sites (tertiary alicyclic amines) is 1. The molecule has 0 spiro atoms. The van der Waals surface area contributed by atoms with Gasteiger partial charge in [0.1, 0.15) is 41.3 Å². The average molecular weight is 858 g/mol. The van der Waals surface area contributed by atoms with Crippen molar-refractivity contribution < 1.29 is 41.9 Å². The van der Waals surface area contributed by atoms with Gasteiger partial charge in [-0.15, -0.1) is 0 Å². The minimum Gasteiger partial charge on any atom is -0.497 e. The summed E-state index contributed by atoms with van der Waals surface area (Å²) in [5.41, 5.74) is -0.117. The zero-order valence-electron chi connectivity index (χ0n) is 35.1. The lowest BCUT2D eigenvalue weighted by molar-refractivity contribution is -0.142. The van der Waals surface area contributed by atoms with Crippen molar-refractivity contribution in [2.75, 3.05) is 26.7 Å². The van der Waals surface area contributed by atoms with Crippen molar-refractivity contribution in [3.8, 4) is 17.1 Å². The van der Waals surface area contributed by atoms with E-state index in [2.05, 4.69) is 15.4 Å². The predicted molar refractivity (Wildman–Crippen MR) is 225 cm³/mol. The second-order valence-corrected chi connectivity index (χ2v) is 20.1. The van der Waals surface area contributed by atoms with E-state index < -0.39 is 74.1 Å². The number of carbonyl (C=O) groups excluding carboxylic acids is 5. The first-order valence-corrected chi connectivity index (χ1v) is 22.8. The standard InChI is InChI=1S/C44H55N7O9S/c1-43(2,3)60-42(56)46-33-16-12-7-5-6-11-15-29-22-44(29,41(55)48-61(57,58)31-18-19-31)47-39(53)37-32-25-49(23-28(32)24-51(37)40(33)54)36(52)26-50-35-20-17-30(59-4)21-34(35)45-38(50)27-13-9-8-10-14-27/h8-11,13-15,17,20-21,28-29,31-33,37H,5-7,12,16,18-19,22-26H2,1-4H3,(H,46,56)(H,47,53)(H,48,55)/b15-11-/t28-,29-,32-,33+,37-,44+/m0/s1. The third kappa shape index (κ3) is 8.84. The van der Waals surface area contributed by atoms with E-state index in [9.17, 15) is 32.4 Å². The van der Waals surface area contributed by atoms with Crippen molar-refractivity contribution in [1.29, 1.82) is 0 Å².